The normalized spacial score (nSPS) is 11.8. The van der Waals surface area contributed by atoms with Crippen LogP contribution in [0.2, 0.25) is 0 Å². The summed E-state index contributed by atoms with van der Waals surface area (Å²) in [6.45, 7) is 0. The van der Waals surface area contributed by atoms with E-state index in [1.165, 1.54) is 21.5 Å². The summed E-state index contributed by atoms with van der Waals surface area (Å²) in [5.74, 6) is 0. The Hall–Kier alpha value is -7.10. The van der Waals surface area contributed by atoms with Crippen molar-refractivity contribution >= 4 is 82.5 Å². The molecule has 248 valence electrons. The second kappa shape index (κ2) is 11.7. The Morgan fingerprint density at radius 3 is 1.83 bits per heavy atom. The lowest BCUT2D eigenvalue weighted by Gasteiger charge is -2.30. The van der Waals surface area contributed by atoms with Crippen molar-refractivity contribution < 1.29 is 8.83 Å². The highest BCUT2D eigenvalue weighted by molar-refractivity contribution is 6.17. The van der Waals surface area contributed by atoms with E-state index in [1.54, 1.807) is 0 Å². The molecule has 0 bridgehead atoms. The number of rotatable bonds is 5. The fourth-order valence-corrected chi connectivity index (χ4v) is 8.31. The van der Waals surface area contributed by atoms with Crippen molar-refractivity contribution in [3.63, 3.8) is 0 Å². The van der Waals surface area contributed by atoms with Gasteiger partial charge in [-0.25, -0.2) is 0 Å². The number of para-hydroxylation sites is 4. The lowest BCUT2D eigenvalue weighted by molar-refractivity contribution is 0.669. The minimum atomic E-state index is 0.885. The van der Waals surface area contributed by atoms with Gasteiger partial charge in [0, 0.05) is 43.7 Å². The molecule has 0 amide bonds. The van der Waals surface area contributed by atoms with E-state index in [1.807, 2.05) is 24.3 Å². The molecule has 0 aliphatic rings. The van der Waals surface area contributed by atoms with E-state index in [2.05, 4.69) is 169 Å². The van der Waals surface area contributed by atoms with Gasteiger partial charge in [0.15, 0.2) is 0 Å². The monoisotopic (exact) mass is 677 g/mol. The van der Waals surface area contributed by atoms with Crippen LogP contribution in [0.25, 0.3) is 87.7 Å². The van der Waals surface area contributed by atoms with Gasteiger partial charge in [-0.2, -0.15) is 0 Å². The second-order valence-electron chi connectivity index (χ2n) is 13.6. The maximum Gasteiger partial charge on any atom is 0.143 e. The van der Waals surface area contributed by atoms with Crippen LogP contribution in [-0.4, -0.2) is 0 Å². The third kappa shape index (κ3) is 4.61. The van der Waals surface area contributed by atoms with Crippen molar-refractivity contribution in [3.8, 4) is 22.3 Å². The molecule has 3 heteroatoms. The van der Waals surface area contributed by atoms with Crippen LogP contribution >= 0.6 is 0 Å². The first-order valence-electron chi connectivity index (χ1n) is 18.0. The van der Waals surface area contributed by atoms with E-state index in [0.29, 0.717) is 0 Å². The molecule has 0 saturated carbocycles. The molecule has 9 aromatic carbocycles. The lowest BCUT2D eigenvalue weighted by Crippen LogP contribution is -2.12. The summed E-state index contributed by atoms with van der Waals surface area (Å²) in [5.41, 5.74) is 11.2. The Kier molecular flexibility index (Phi) is 6.55. The molecule has 0 saturated heterocycles. The van der Waals surface area contributed by atoms with Crippen LogP contribution in [0.3, 0.4) is 0 Å². The third-order valence-corrected chi connectivity index (χ3v) is 10.6. The summed E-state index contributed by atoms with van der Waals surface area (Å²) < 4.78 is 13.0. The average Bonchev–Trinajstić information content (AvgIpc) is 3.80. The van der Waals surface area contributed by atoms with Crippen LogP contribution in [0.15, 0.2) is 197 Å². The fraction of sp³-hybridized carbons (Fsp3) is 0. The predicted molar refractivity (Wildman–Crippen MR) is 222 cm³/mol. The molecule has 53 heavy (non-hydrogen) atoms. The molecule has 3 nitrogen and oxygen atoms in total. The van der Waals surface area contributed by atoms with E-state index in [0.717, 1.165) is 83.2 Å². The summed E-state index contributed by atoms with van der Waals surface area (Å²) in [7, 11) is 0. The molecule has 11 rings (SSSR count). The number of hydrogen-bond acceptors (Lipinski definition) is 3. The van der Waals surface area contributed by atoms with Crippen LogP contribution in [0.4, 0.5) is 17.1 Å². The summed E-state index contributed by atoms with van der Waals surface area (Å²) in [4.78, 5) is 2.43. The molecule has 0 fully saturated rings. The Labute approximate surface area is 305 Å². The zero-order chi connectivity index (χ0) is 34.9. The molecule has 0 unspecified atom stereocenters. The minimum absolute atomic E-state index is 0.885. The Morgan fingerprint density at radius 1 is 0.340 bits per heavy atom. The van der Waals surface area contributed by atoms with Gasteiger partial charge in [-0.15, -0.1) is 0 Å². The van der Waals surface area contributed by atoms with Gasteiger partial charge in [0.05, 0.1) is 11.4 Å². The zero-order valence-corrected chi connectivity index (χ0v) is 28.7. The average molecular weight is 678 g/mol. The highest BCUT2D eigenvalue weighted by atomic mass is 16.3. The van der Waals surface area contributed by atoms with Gasteiger partial charge in [0.25, 0.3) is 0 Å². The van der Waals surface area contributed by atoms with Crippen LogP contribution in [0.5, 0.6) is 0 Å². The maximum atomic E-state index is 6.63. The molecule has 0 radical (unpaired) electrons. The highest BCUT2D eigenvalue weighted by Crippen LogP contribution is 2.48. The van der Waals surface area contributed by atoms with E-state index in [4.69, 9.17) is 8.83 Å². The molecule has 0 N–H and O–H groups in total. The summed E-state index contributed by atoms with van der Waals surface area (Å²) in [6, 6.07) is 66.8. The van der Waals surface area contributed by atoms with E-state index in [-0.39, 0.29) is 0 Å². The van der Waals surface area contributed by atoms with Crippen molar-refractivity contribution in [2.75, 3.05) is 4.90 Å². The van der Waals surface area contributed by atoms with Gasteiger partial charge >= 0.3 is 0 Å². The molecule has 2 heterocycles. The van der Waals surface area contributed by atoms with Gasteiger partial charge < -0.3 is 13.7 Å². The highest BCUT2D eigenvalue weighted by Gasteiger charge is 2.23. The van der Waals surface area contributed by atoms with Crippen molar-refractivity contribution in [1.29, 1.82) is 0 Å². The van der Waals surface area contributed by atoms with Crippen LogP contribution in [0.1, 0.15) is 0 Å². The van der Waals surface area contributed by atoms with Crippen molar-refractivity contribution in [2.45, 2.75) is 0 Å². The molecular weight excluding hydrogens is 647 g/mol. The first-order valence-corrected chi connectivity index (χ1v) is 18.0. The predicted octanol–water partition coefficient (Wildman–Crippen LogP) is 14.6. The summed E-state index contributed by atoms with van der Waals surface area (Å²) in [6.07, 6.45) is 0. The Balaban J connectivity index is 1.21. The first kappa shape index (κ1) is 29.6. The Morgan fingerprint density at radius 2 is 0.943 bits per heavy atom. The molecule has 11 aromatic rings. The van der Waals surface area contributed by atoms with Gasteiger partial charge in [0.1, 0.15) is 22.3 Å². The van der Waals surface area contributed by atoms with E-state index in [9.17, 15) is 0 Å². The van der Waals surface area contributed by atoms with Gasteiger partial charge in [-0.05, 0) is 69.8 Å². The number of anilines is 3. The summed E-state index contributed by atoms with van der Waals surface area (Å²) in [5, 5.41) is 9.29. The SMILES string of the molecule is c1cc(-c2cccc3oc4ccccc4c23)cc(N(c2ccccc2-c2cccc3c2oc2ccccc23)c2cc3ccccc3c3ccccc23)c1. The van der Waals surface area contributed by atoms with Crippen LogP contribution in [-0.2, 0) is 0 Å². The quantitative estimate of drug-likeness (QED) is 0.170. The first-order chi connectivity index (χ1) is 26.3. The molecule has 0 aliphatic carbocycles. The zero-order valence-electron chi connectivity index (χ0n) is 28.7. The van der Waals surface area contributed by atoms with Crippen LogP contribution in [0, 0.1) is 0 Å². The van der Waals surface area contributed by atoms with E-state index >= 15 is 0 Å². The molecule has 2 aromatic heterocycles. The minimum Gasteiger partial charge on any atom is -0.456 e. The number of furan rings is 2. The van der Waals surface area contributed by atoms with Gasteiger partial charge in [-0.3, -0.25) is 0 Å². The fourth-order valence-electron chi connectivity index (χ4n) is 8.31. The summed E-state index contributed by atoms with van der Waals surface area (Å²) >= 11 is 0. The largest absolute Gasteiger partial charge is 0.456 e. The topological polar surface area (TPSA) is 29.5 Å². The van der Waals surface area contributed by atoms with Gasteiger partial charge in [0.2, 0.25) is 0 Å². The molecule has 0 aliphatic heterocycles. The molecular formula is C50H31NO2. The van der Waals surface area contributed by atoms with Gasteiger partial charge in [-0.1, -0.05) is 146 Å². The molecule has 0 spiro atoms. The third-order valence-electron chi connectivity index (χ3n) is 10.6. The lowest BCUT2D eigenvalue weighted by atomic mass is 9.95. The van der Waals surface area contributed by atoms with Crippen molar-refractivity contribution in [1.82, 2.24) is 0 Å². The van der Waals surface area contributed by atoms with E-state index < -0.39 is 0 Å². The standard InChI is InChI=1S/C50H31NO2/c1-2-17-35-33(14-1)31-45(38-19-4-3-18-37(35)38)51(34-16-11-15-32(30-34)36-23-13-29-48-49(36)43-22-7-10-28-47(43)52-48)44-26-8-5-20-39(44)41-24-12-25-42-40-21-6-9-27-46(40)53-50(41)42/h1-31H. The number of benzene rings is 9. The number of fused-ring (bicyclic) bond motifs is 9. The van der Waals surface area contributed by atoms with Crippen LogP contribution < -0.4 is 4.90 Å². The smallest absolute Gasteiger partial charge is 0.143 e. The maximum absolute atomic E-state index is 6.63. The van der Waals surface area contributed by atoms with Crippen molar-refractivity contribution in [2.24, 2.45) is 0 Å². The molecule has 0 atom stereocenters. The Bertz CT molecular complexity index is 3200. The number of hydrogen-bond donors (Lipinski definition) is 0. The second-order valence-corrected chi connectivity index (χ2v) is 13.6. The van der Waals surface area contributed by atoms with Crippen molar-refractivity contribution in [3.05, 3.63) is 188 Å². The number of nitrogens with zero attached hydrogens (tertiary/aromatic N) is 1.